The van der Waals surface area contributed by atoms with Gasteiger partial charge < -0.3 is 25.3 Å². The van der Waals surface area contributed by atoms with Crippen molar-refractivity contribution in [2.75, 3.05) is 25.6 Å². The molecule has 20 heavy (non-hydrogen) atoms. The van der Waals surface area contributed by atoms with E-state index < -0.39 is 0 Å². The standard InChI is InChI=1S/C12H19N5O3/c1-2-20-11-9-10(15-12(13)16-11)14-7-17(9)4-3-8(5-18)6-19/h7-8,18-19H,2-6H2,1H3,(H2,13,15,16). The van der Waals surface area contributed by atoms with Gasteiger partial charge in [0.2, 0.25) is 11.8 Å². The fraction of sp³-hybridized carbons (Fsp3) is 0.583. The van der Waals surface area contributed by atoms with Gasteiger partial charge in [-0.25, -0.2) is 4.98 Å². The highest BCUT2D eigenvalue weighted by Gasteiger charge is 2.15. The first-order valence-electron chi connectivity index (χ1n) is 6.52. The van der Waals surface area contributed by atoms with Crippen molar-refractivity contribution in [3.8, 4) is 5.88 Å². The molecule has 0 radical (unpaired) electrons. The number of nitrogen functional groups attached to an aromatic ring is 1. The fourth-order valence-corrected chi connectivity index (χ4v) is 1.93. The highest BCUT2D eigenvalue weighted by Crippen LogP contribution is 2.23. The maximum atomic E-state index is 9.09. The highest BCUT2D eigenvalue weighted by atomic mass is 16.5. The van der Waals surface area contributed by atoms with E-state index in [2.05, 4.69) is 15.0 Å². The number of aryl methyl sites for hydroxylation is 1. The average Bonchev–Trinajstić information content (AvgIpc) is 2.83. The number of fused-ring (bicyclic) bond motifs is 1. The number of nitrogens with two attached hydrogens (primary N) is 1. The molecule has 8 heteroatoms. The van der Waals surface area contributed by atoms with E-state index in [1.54, 1.807) is 6.33 Å². The lowest BCUT2D eigenvalue weighted by Gasteiger charge is -2.12. The Morgan fingerprint density at radius 3 is 2.75 bits per heavy atom. The molecule has 0 saturated heterocycles. The van der Waals surface area contributed by atoms with Crippen LogP contribution in [0, 0.1) is 5.92 Å². The molecule has 0 unspecified atom stereocenters. The van der Waals surface area contributed by atoms with E-state index in [9.17, 15) is 0 Å². The van der Waals surface area contributed by atoms with Crippen molar-refractivity contribution >= 4 is 17.1 Å². The number of hydrogen-bond donors (Lipinski definition) is 3. The lowest BCUT2D eigenvalue weighted by molar-refractivity contribution is 0.140. The number of aromatic nitrogens is 4. The number of aliphatic hydroxyl groups excluding tert-OH is 2. The Morgan fingerprint density at radius 2 is 2.10 bits per heavy atom. The van der Waals surface area contributed by atoms with Crippen LogP contribution in [0.1, 0.15) is 13.3 Å². The number of aliphatic hydroxyl groups is 2. The molecule has 4 N–H and O–H groups in total. The lowest BCUT2D eigenvalue weighted by Crippen LogP contribution is -2.14. The Labute approximate surface area is 116 Å². The van der Waals surface area contributed by atoms with Gasteiger partial charge in [0.1, 0.15) is 0 Å². The average molecular weight is 281 g/mol. The molecular weight excluding hydrogens is 262 g/mol. The largest absolute Gasteiger partial charge is 0.476 e. The third-order valence-electron chi connectivity index (χ3n) is 3.03. The van der Waals surface area contributed by atoms with Gasteiger partial charge in [0.15, 0.2) is 11.2 Å². The van der Waals surface area contributed by atoms with Crippen molar-refractivity contribution in [2.24, 2.45) is 5.92 Å². The fourth-order valence-electron chi connectivity index (χ4n) is 1.93. The topological polar surface area (TPSA) is 119 Å². The molecule has 0 aliphatic heterocycles. The zero-order chi connectivity index (χ0) is 14.5. The van der Waals surface area contributed by atoms with Crippen molar-refractivity contribution in [1.29, 1.82) is 0 Å². The van der Waals surface area contributed by atoms with E-state index in [4.69, 9.17) is 20.7 Å². The molecule has 0 fully saturated rings. The van der Waals surface area contributed by atoms with Gasteiger partial charge in [-0.3, -0.25) is 0 Å². The second kappa shape index (κ2) is 6.49. The van der Waals surface area contributed by atoms with E-state index in [0.29, 0.717) is 36.6 Å². The van der Waals surface area contributed by atoms with Gasteiger partial charge in [0.25, 0.3) is 0 Å². The van der Waals surface area contributed by atoms with Gasteiger partial charge in [-0.2, -0.15) is 9.97 Å². The van der Waals surface area contributed by atoms with Crippen molar-refractivity contribution in [2.45, 2.75) is 19.9 Å². The van der Waals surface area contributed by atoms with Gasteiger partial charge in [0, 0.05) is 25.7 Å². The SMILES string of the molecule is CCOc1nc(N)nc2ncn(CCC(CO)CO)c12. The number of hydrogen-bond acceptors (Lipinski definition) is 7. The van der Waals surface area contributed by atoms with Crippen LogP contribution in [0.2, 0.25) is 0 Å². The summed E-state index contributed by atoms with van der Waals surface area (Å²) in [6.07, 6.45) is 2.25. The third-order valence-corrected chi connectivity index (χ3v) is 3.03. The molecule has 110 valence electrons. The minimum Gasteiger partial charge on any atom is -0.476 e. The van der Waals surface area contributed by atoms with Crippen LogP contribution in [0.25, 0.3) is 11.2 Å². The molecule has 0 atom stereocenters. The molecule has 2 aromatic rings. The molecule has 0 saturated carbocycles. The number of anilines is 1. The molecule has 0 amide bonds. The van der Waals surface area contributed by atoms with Crippen LogP contribution in [-0.2, 0) is 6.54 Å². The van der Waals surface area contributed by atoms with E-state index >= 15 is 0 Å². The summed E-state index contributed by atoms with van der Waals surface area (Å²) in [6.45, 7) is 2.80. The van der Waals surface area contributed by atoms with Gasteiger partial charge in [-0.1, -0.05) is 0 Å². The van der Waals surface area contributed by atoms with E-state index in [0.717, 1.165) is 0 Å². The molecule has 2 rings (SSSR count). The summed E-state index contributed by atoms with van der Waals surface area (Å²) in [5, 5.41) is 18.2. The summed E-state index contributed by atoms with van der Waals surface area (Å²) in [5.41, 5.74) is 6.77. The zero-order valence-corrected chi connectivity index (χ0v) is 11.4. The van der Waals surface area contributed by atoms with Crippen LogP contribution >= 0.6 is 0 Å². The van der Waals surface area contributed by atoms with Crippen LogP contribution in [0.3, 0.4) is 0 Å². The molecular formula is C12H19N5O3. The van der Waals surface area contributed by atoms with Gasteiger partial charge in [0.05, 0.1) is 12.9 Å². The number of ether oxygens (including phenoxy) is 1. The van der Waals surface area contributed by atoms with Crippen LogP contribution in [-0.4, -0.2) is 49.6 Å². The molecule has 0 bridgehead atoms. The third kappa shape index (κ3) is 2.97. The molecule has 8 nitrogen and oxygen atoms in total. The normalized spacial score (nSPS) is 11.4. The maximum absolute atomic E-state index is 9.09. The smallest absolute Gasteiger partial charge is 0.245 e. The molecule has 2 heterocycles. The molecule has 0 spiro atoms. The van der Waals surface area contributed by atoms with Gasteiger partial charge in [-0.15, -0.1) is 0 Å². The Bertz CT molecular complexity index is 567. The Kier molecular flexibility index (Phi) is 4.70. The van der Waals surface area contributed by atoms with E-state index in [1.807, 2.05) is 11.5 Å². The van der Waals surface area contributed by atoms with Gasteiger partial charge >= 0.3 is 0 Å². The first-order valence-corrected chi connectivity index (χ1v) is 6.52. The summed E-state index contributed by atoms with van der Waals surface area (Å²) in [5.74, 6) is 0.365. The minimum absolute atomic E-state index is 0.0507. The Morgan fingerprint density at radius 1 is 1.35 bits per heavy atom. The minimum atomic E-state index is -0.155. The summed E-state index contributed by atoms with van der Waals surface area (Å²) < 4.78 is 7.31. The van der Waals surface area contributed by atoms with Crippen molar-refractivity contribution in [3.63, 3.8) is 0 Å². The summed E-state index contributed by atoms with van der Waals surface area (Å²) in [6, 6.07) is 0. The number of rotatable bonds is 7. The predicted molar refractivity (Wildman–Crippen MR) is 73.2 cm³/mol. The zero-order valence-electron chi connectivity index (χ0n) is 11.4. The summed E-state index contributed by atoms with van der Waals surface area (Å²) in [7, 11) is 0. The van der Waals surface area contributed by atoms with E-state index in [-0.39, 0.29) is 25.1 Å². The molecule has 0 aromatic carbocycles. The summed E-state index contributed by atoms with van der Waals surface area (Å²) >= 11 is 0. The lowest BCUT2D eigenvalue weighted by atomic mass is 10.1. The van der Waals surface area contributed by atoms with Crippen LogP contribution in [0.15, 0.2) is 6.33 Å². The van der Waals surface area contributed by atoms with Crippen LogP contribution in [0.4, 0.5) is 5.95 Å². The van der Waals surface area contributed by atoms with Crippen molar-refractivity contribution in [1.82, 2.24) is 19.5 Å². The Hall–Kier alpha value is -1.93. The predicted octanol–water partition coefficient (Wildman–Crippen LogP) is -0.202. The monoisotopic (exact) mass is 281 g/mol. The number of imidazole rings is 1. The maximum Gasteiger partial charge on any atom is 0.245 e. The molecule has 0 aliphatic carbocycles. The van der Waals surface area contributed by atoms with Crippen molar-refractivity contribution < 1.29 is 14.9 Å². The van der Waals surface area contributed by atoms with Crippen molar-refractivity contribution in [3.05, 3.63) is 6.33 Å². The second-order valence-electron chi connectivity index (χ2n) is 4.45. The van der Waals surface area contributed by atoms with E-state index in [1.165, 1.54) is 0 Å². The first-order chi connectivity index (χ1) is 9.69. The Balaban J connectivity index is 2.29. The molecule has 0 aliphatic rings. The first kappa shape index (κ1) is 14.5. The van der Waals surface area contributed by atoms with Crippen LogP contribution in [0.5, 0.6) is 5.88 Å². The highest BCUT2D eigenvalue weighted by molar-refractivity contribution is 5.77. The second-order valence-corrected chi connectivity index (χ2v) is 4.45. The quantitative estimate of drug-likeness (QED) is 0.642. The van der Waals surface area contributed by atoms with Crippen LogP contribution < -0.4 is 10.5 Å². The molecule has 2 aromatic heterocycles. The van der Waals surface area contributed by atoms with Gasteiger partial charge in [-0.05, 0) is 13.3 Å². The number of nitrogens with zero attached hydrogens (tertiary/aromatic N) is 4. The summed E-state index contributed by atoms with van der Waals surface area (Å²) in [4.78, 5) is 12.3.